The topological polar surface area (TPSA) is 102 Å². The number of aryl methyl sites for hydroxylation is 3. The molecule has 0 atom stereocenters. The van der Waals surface area contributed by atoms with Gasteiger partial charge in [0.05, 0.1) is 5.69 Å². The van der Waals surface area contributed by atoms with Crippen LogP contribution in [-0.4, -0.2) is 45.1 Å². The Hall–Kier alpha value is -3.46. The van der Waals surface area contributed by atoms with E-state index in [1.165, 1.54) is 0 Å². The maximum atomic E-state index is 12.9. The number of pyridine rings is 1. The number of fused-ring (bicyclic) bond motifs is 1. The molecule has 1 N–H and O–H groups in total. The van der Waals surface area contributed by atoms with Crippen LogP contribution in [0.4, 0.5) is 0 Å². The van der Waals surface area contributed by atoms with E-state index in [-0.39, 0.29) is 11.8 Å². The zero-order valence-corrected chi connectivity index (χ0v) is 19.5. The Labute approximate surface area is 192 Å². The average molecular weight is 452 g/mol. The molecule has 0 saturated heterocycles. The van der Waals surface area contributed by atoms with Gasteiger partial charge in [-0.05, 0) is 54.7 Å². The molecule has 0 saturated carbocycles. The molecule has 0 aliphatic carbocycles. The van der Waals surface area contributed by atoms with E-state index in [0.717, 1.165) is 34.5 Å². The molecule has 1 aliphatic heterocycles. The lowest BCUT2D eigenvalue weighted by Gasteiger charge is -2.30. The van der Waals surface area contributed by atoms with Crippen molar-refractivity contribution in [1.82, 2.24) is 25.0 Å². The first-order valence-electron chi connectivity index (χ1n) is 11.1. The predicted octanol–water partition coefficient (Wildman–Crippen LogP) is 2.55. The molecule has 4 rings (SSSR count). The van der Waals surface area contributed by atoms with Gasteiger partial charge in [-0.15, -0.1) is 0 Å². The molecule has 3 aromatic heterocycles. The molecule has 9 heteroatoms. The number of amides is 2. The van der Waals surface area contributed by atoms with Crippen LogP contribution in [0.3, 0.4) is 0 Å². The van der Waals surface area contributed by atoms with Crippen LogP contribution >= 0.6 is 0 Å². The number of carbonyl (C=O) groups is 2. The summed E-state index contributed by atoms with van der Waals surface area (Å²) in [4.78, 5) is 31.9. The summed E-state index contributed by atoms with van der Waals surface area (Å²) in [6.45, 7) is 5.67. The van der Waals surface area contributed by atoms with Crippen LogP contribution in [0.5, 0.6) is 0 Å². The molecule has 0 unspecified atom stereocenters. The second kappa shape index (κ2) is 9.58. The smallest absolute Gasteiger partial charge is 0.289 e. The maximum absolute atomic E-state index is 12.9. The van der Waals surface area contributed by atoms with Crippen LogP contribution < -0.4 is 5.32 Å². The van der Waals surface area contributed by atoms with Crippen molar-refractivity contribution in [3.05, 3.63) is 69.7 Å². The lowest BCUT2D eigenvalue weighted by Crippen LogP contribution is -2.37. The predicted molar refractivity (Wildman–Crippen MR) is 121 cm³/mol. The van der Waals surface area contributed by atoms with Crippen molar-refractivity contribution in [2.24, 2.45) is 7.05 Å². The van der Waals surface area contributed by atoms with Crippen molar-refractivity contribution in [3.8, 4) is 0 Å². The van der Waals surface area contributed by atoms with Gasteiger partial charge in [-0.1, -0.05) is 6.92 Å². The summed E-state index contributed by atoms with van der Waals surface area (Å²) >= 11 is 0. The van der Waals surface area contributed by atoms with E-state index in [4.69, 9.17) is 9.15 Å². The number of aromatic nitrogens is 3. The number of nitrogens with one attached hydrogen (secondary N) is 1. The molecule has 4 heterocycles. The number of rotatable bonds is 7. The molecular weight excluding hydrogens is 422 g/mol. The fourth-order valence-corrected chi connectivity index (χ4v) is 4.17. The van der Waals surface area contributed by atoms with Gasteiger partial charge in [0.15, 0.2) is 5.76 Å². The largest absolute Gasteiger partial charge is 0.453 e. The summed E-state index contributed by atoms with van der Waals surface area (Å²) in [5.74, 6) is 0.606. The number of hydrogen-bond donors (Lipinski definition) is 1. The minimum Gasteiger partial charge on any atom is -0.453 e. The fourth-order valence-electron chi connectivity index (χ4n) is 4.17. The van der Waals surface area contributed by atoms with Crippen molar-refractivity contribution >= 4 is 11.8 Å². The van der Waals surface area contributed by atoms with E-state index in [2.05, 4.69) is 15.4 Å². The Balaban J connectivity index is 1.47. The first-order chi connectivity index (χ1) is 15.9. The standard InChI is InChI=1S/C24H29N5O4/c1-5-17-10-21(28(3)27-17)23(30)26-12-20-15(2)25-11-16-13-29(9-8-19(16)20)24(31)22-7-6-18(33-22)14-32-4/h6-7,10-11H,5,8-9,12-14H2,1-4H3,(H,26,30). The zero-order chi connectivity index (χ0) is 23.5. The fraction of sp³-hybridized carbons (Fsp3) is 0.417. The van der Waals surface area contributed by atoms with Gasteiger partial charge in [-0.3, -0.25) is 19.3 Å². The summed E-state index contributed by atoms with van der Waals surface area (Å²) in [7, 11) is 3.36. The second-order valence-electron chi connectivity index (χ2n) is 8.18. The molecule has 174 valence electrons. The highest BCUT2D eigenvalue weighted by atomic mass is 16.5. The van der Waals surface area contributed by atoms with E-state index >= 15 is 0 Å². The van der Waals surface area contributed by atoms with E-state index in [9.17, 15) is 9.59 Å². The minimum absolute atomic E-state index is 0.152. The summed E-state index contributed by atoms with van der Waals surface area (Å²) < 4.78 is 12.3. The molecular formula is C24H29N5O4. The number of hydrogen-bond acceptors (Lipinski definition) is 6. The van der Waals surface area contributed by atoms with E-state index in [0.29, 0.717) is 49.9 Å². The van der Waals surface area contributed by atoms with E-state index in [1.807, 2.05) is 26.1 Å². The van der Waals surface area contributed by atoms with Gasteiger partial charge in [0.2, 0.25) is 0 Å². The molecule has 0 aromatic carbocycles. The van der Waals surface area contributed by atoms with Gasteiger partial charge < -0.3 is 19.4 Å². The third kappa shape index (κ3) is 4.68. The average Bonchev–Trinajstić information content (AvgIpc) is 3.44. The van der Waals surface area contributed by atoms with Gasteiger partial charge in [0.1, 0.15) is 18.1 Å². The van der Waals surface area contributed by atoms with Gasteiger partial charge >= 0.3 is 0 Å². The van der Waals surface area contributed by atoms with Crippen LogP contribution in [0, 0.1) is 6.92 Å². The Kier molecular flexibility index (Phi) is 6.60. The molecule has 0 fully saturated rings. The number of furan rings is 1. The summed E-state index contributed by atoms with van der Waals surface area (Å²) in [6, 6.07) is 5.26. The highest BCUT2D eigenvalue weighted by Gasteiger charge is 2.26. The normalized spacial score (nSPS) is 13.2. The van der Waals surface area contributed by atoms with Crippen molar-refractivity contribution < 1.29 is 18.7 Å². The van der Waals surface area contributed by atoms with Crippen molar-refractivity contribution in [2.45, 2.75) is 46.4 Å². The molecule has 2 amide bonds. The Morgan fingerprint density at radius 3 is 2.85 bits per heavy atom. The first kappa shape index (κ1) is 22.7. The second-order valence-corrected chi connectivity index (χ2v) is 8.18. The molecule has 3 aromatic rings. The van der Waals surface area contributed by atoms with Crippen LogP contribution in [0.15, 0.2) is 28.8 Å². The maximum Gasteiger partial charge on any atom is 0.289 e. The highest BCUT2D eigenvalue weighted by Crippen LogP contribution is 2.25. The van der Waals surface area contributed by atoms with Crippen molar-refractivity contribution in [3.63, 3.8) is 0 Å². The lowest BCUT2D eigenvalue weighted by molar-refractivity contribution is 0.0694. The molecule has 9 nitrogen and oxygen atoms in total. The Morgan fingerprint density at radius 2 is 2.12 bits per heavy atom. The van der Waals surface area contributed by atoms with Gasteiger partial charge in [-0.25, -0.2) is 0 Å². The first-order valence-corrected chi connectivity index (χ1v) is 11.1. The quantitative estimate of drug-likeness (QED) is 0.592. The van der Waals surface area contributed by atoms with Crippen LogP contribution in [0.25, 0.3) is 0 Å². The van der Waals surface area contributed by atoms with Crippen molar-refractivity contribution in [1.29, 1.82) is 0 Å². The molecule has 0 bridgehead atoms. The number of nitrogens with zero attached hydrogens (tertiary/aromatic N) is 4. The van der Waals surface area contributed by atoms with Gasteiger partial charge in [0, 0.05) is 45.7 Å². The molecule has 0 spiro atoms. The van der Waals surface area contributed by atoms with Gasteiger partial charge in [-0.2, -0.15) is 5.10 Å². The zero-order valence-electron chi connectivity index (χ0n) is 19.5. The number of ether oxygens (including phenoxy) is 1. The molecule has 33 heavy (non-hydrogen) atoms. The SMILES string of the molecule is CCc1cc(C(=O)NCc2c(C)ncc3c2CCN(C(=O)c2ccc(COC)o2)C3)n(C)n1. The van der Waals surface area contributed by atoms with Crippen LogP contribution in [0.1, 0.15) is 61.8 Å². The number of carbonyl (C=O) groups excluding carboxylic acids is 2. The third-order valence-corrected chi connectivity index (χ3v) is 5.99. The number of methoxy groups -OCH3 is 1. The third-order valence-electron chi connectivity index (χ3n) is 5.99. The van der Waals surface area contributed by atoms with Crippen LogP contribution in [0.2, 0.25) is 0 Å². The molecule has 1 aliphatic rings. The van der Waals surface area contributed by atoms with Crippen LogP contribution in [-0.2, 0) is 44.3 Å². The van der Waals surface area contributed by atoms with Gasteiger partial charge in [0.25, 0.3) is 11.8 Å². The monoisotopic (exact) mass is 451 g/mol. The Morgan fingerprint density at radius 1 is 1.30 bits per heavy atom. The summed E-state index contributed by atoms with van der Waals surface area (Å²) in [6.07, 6.45) is 3.28. The Bertz CT molecular complexity index is 1180. The molecule has 0 radical (unpaired) electrons. The lowest BCUT2D eigenvalue weighted by atomic mass is 9.94. The van der Waals surface area contributed by atoms with E-state index < -0.39 is 0 Å². The minimum atomic E-state index is -0.168. The highest BCUT2D eigenvalue weighted by molar-refractivity contribution is 5.93. The van der Waals surface area contributed by atoms with Crippen molar-refractivity contribution in [2.75, 3.05) is 13.7 Å². The van der Waals surface area contributed by atoms with E-state index in [1.54, 1.807) is 35.9 Å². The summed E-state index contributed by atoms with van der Waals surface area (Å²) in [5.41, 5.74) is 5.43. The summed E-state index contributed by atoms with van der Waals surface area (Å²) in [5, 5.41) is 7.36.